The topological polar surface area (TPSA) is 82.1 Å². The van der Waals surface area contributed by atoms with Gasteiger partial charge in [0, 0.05) is 12.8 Å². The Balaban J connectivity index is 1.91. The van der Waals surface area contributed by atoms with Gasteiger partial charge in [0.05, 0.1) is 19.2 Å². The smallest absolute Gasteiger partial charge is 0.332 e. The number of benzene rings is 2. The minimum Gasteiger partial charge on any atom is -0.393 e. The maximum absolute atomic E-state index is 13.5. The van der Waals surface area contributed by atoms with Gasteiger partial charge in [-0.15, -0.1) is 0 Å². The molecule has 4 aromatic rings. The molecule has 0 saturated carbocycles. The van der Waals surface area contributed by atoms with Gasteiger partial charge in [0.1, 0.15) is 0 Å². The summed E-state index contributed by atoms with van der Waals surface area (Å²) < 4.78 is 4.53. The van der Waals surface area contributed by atoms with Gasteiger partial charge in [-0.1, -0.05) is 72.4 Å². The van der Waals surface area contributed by atoms with E-state index in [1.807, 2.05) is 65.2 Å². The molecule has 0 saturated heterocycles. The SMILES string of the molecule is C[C@@H](O)CSc1nc2c(c(=O)n(Cc3ccccc3)c(=O)n2C)n1Cc1ccccc1. The molecule has 2 aromatic heterocycles. The number of aliphatic hydroxyl groups is 1. The van der Waals surface area contributed by atoms with Gasteiger partial charge in [-0.05, 0) is 18.1 Å². The van der Waals surface area contributed by atoms with Crippen molar-refractivity contribution >= 4 is 22.9 Å². The van der Waals surface area contributed by atoms with Crippen molar-refractivity contribution in [3.63, 3.8) is 0 Å². The Hall–Kier alpha value is -3.10. The molecule has 1 atom stereocenters. The van der Waals surface area contributed by atoms with Crippen LogP contribution in [0.5, 0.6) is 0 Å². The maximum Gasteiger partial charge on any atom is 0.332 e. The van der Waals surface area contributed by atoms with Crippen LogP contribution in [0.4, 0.5) is 0 Å². The molecular weight excluding hydrogens is 412 g/mol. The van der Waals surface area contributed by atoms with E-state index in [0.29, 0.717) is 28.6 Å². The molecule has 8 heteroatoms. The molecule has 2 heterocycles. The van der Waals surface area contributed by atoms with Crippen molar-refractivity contribution in [1.82, 2.24) is 18.7 Å². The summed E-state index contributed by atoms with van der Waals surface area (Å²) in [5, 5.41) is 10.4. The van der Waals surface area contributed by atoms with E-state index in [1.54, 1.807) is 14.0 Å². The molecule has 0 amide bonds. The monoisotopic (exact) mass is 436 g/mol. The molecule has 4 rings (SSSR count). The summed E-state index contributed by atoms with van der Waals surface area (Å²) >= 11 is 1.37. The number of fused-ring (bicyclic) bond motifs is 1. The molecule has 0 spiro atoms. The van der Waals surface area contributed by atoms with Crippen LogP contribution in [-0.2, 0) is 20.1 Å². The van der Waals surface area contributed by atoms with Crippen LogP contribution in [0.2, 0.25) is 0 Å². The number of thioether (sulfide) groups is 1. The van der Waals surface area contributed by atoms with E-state index < -0.39 is 11.8 Å². The second-order valence-corrected chi connectivity index (χ2v) is 8.50. The minimum absolute atomic E-state index is 0.189. The Morgan fingerprint density at radius 2 is 1.48 bits per heavy atom. The van der Waals surface area contributed by atoms with E-state index in [1.165, 1.54) is 20.9 Å². The van der Waals surface area contributed by atoms with Crippen molar-refractivity contribution in [2.24, 2.45) is 7.05 Å². The van der Waals surface area contributed by atoms with E-state index in [0.717, 1.165) is 11.1 Å². The van der Waals surface area contributed by atoms with E-state index in [-0.39, 0.29) is 12.1 Å². The first kappa shape index (κ1) is 21.1. The second kappa shape index (κ2) is 8.95. The highest BCUT2D eigenvalue weighted by Crippen LogP contribution is 2.23. The van der Waals surface area contributed by atoms with Crippen LogP contribution < -0.4 is 11.2 Å². The fraction of sp³-hybridized carbons (Fsp3) is 0.261. The minimum atomic E-state index is -0.520. The summed E-state index contributed by atoms with van der Waals surface area (Å²) in [6.45, 7) is 2.34. The molecule has 0 unspecified atom stereocenters. The Kier molecular flexibility index (Phi) is 6.11. The van der Waals surface area contributed by atoms with Gasteiger partial charge in [-0.3, -0.25) is 13.9 Å². The van der Waals surface area contributed by atoms with Gasteiger partial charge in [-0.25, -0.2) is 9.78 Å². The maximum atomic E-state index is 13.5. The third kappa shape index (κ3) is 4.35. The Labute approximate surface area is 183 Å². The molecule has 0 radical (unpaired) electrons. The van der Waals surface area contributed by atoms with Crippen molar-refractivity contribution < 1.29 is 5.11 Å². The first-order valence-corrected chi connectivity index (χ1v) is 11.0. The lowest BCUT2D eigenvalue weighted by Crippen LogP contribution is -2.40. The van der Waals surface area contributed by atoms with E-state index >= 15 is 0 Å². The van der Waals surface area contributed by atoms with E-state index in [2.05, 4.69) is 4.98 Å². The highest BCUT2D eigenvalue weighted by molar-refractivity contribution is 7.99. The van der Waals surface area contributed by atoms with Crippen molar-refractivity contribution in [2.45, 2.75) is 31.3 Å². The summed E-state index contributed by atoms with van der Waals surface area (Å²) in [5.74, 6) is 0.435. The zero-order valence-corrected chi connectivity index (χ0v) is 18.2. The number of hydrogen-bond donors (Lipinski definition) is 1. The standard InChI is InChI=1S/C23H24N4O3S/c1-16(28)15-31-22-24-20-19(26(22)13-17-9-5-3-6-10-17)21(29)27(23(30)25(20)2)14-18-11-7-4-8-12-18/h3-12,16,28H,13-15H2,1-2H3/t16-/m1/s1. The van der Waals surface area contributed by atoms with Gasteiger partial charge in [0.15, 0.2) is 16.3 Å². The normalized spacial score (nSPS) is 12.4. The lowest BCUT2D eigenvalue weighted by molar-refractivity contribution is 0.220. The van der Waals surface area contributed by atoms with Crippen molar-refractivity contribution in [1.29, 1.82) is 0 Å². The zero-order valence-electron chi connectivity index (χ0n) is 17.4. The number of aliphatic hydroxyl groups excluding tert-OH is 1. The fourth-order valence-corrected chi connectivity index (χ4v) is 4.33. The highest BCUT2D eigenvalue weighted by atomic mass is 32.2. The first-order chi connectivity index (χ1) is 15.0. The van der Waals surface area contributed by atoms with Gasteiger partial charge < -0.3 is 9.67 Å². The fourth-order valence-electron chi connectivity index (χ4n) is 3.48. The van der Waals surface area contributed by atoms with Crippen molar-refractivity contribution in [3.05, 3.63) is 92.6 Å². The number of rotatable bonds is 7. The van der Waals surface area contributed by atoms with Crippen LogP contribution in [0, 0.1) is 0 Å². The quantitative estimate of drug-likeness (QED) is 0.450. The van der Waals surface area contributed by atoms with E-state index in [4.69, 9.17) is 0 Å². The molecule has 0 aliphatic carbocycles. The van der Waals surface area contributed by atoms with E-state index in [9.17, 15) is 14.7 Å². The number of nitrogens with zero attached hydrogens (tertiary/aromatic N) is 4. The van der Waals surface area contributed by atoms with Crippen LogP contribution in [0.3, 0.4) is 0 Å². The summed E-state index contributed by atoms with van der Waals surface area (Å²) in [6, 6.07) is 19.2. The van der Waals surface area contributed by atoms with Crippen LogP contribution >= 0.6 is 11.8 Å². The number of aromatic nitrogens is 4. The summed E-state index contributed by atoms with van der Waals surface area (Å²) in [7, 11) is 1.63. The summed E-state index contributed by atoms with van der Waals surface area (Å²) in [6.07, 6.45) is -0.520. The van der Waals surface area contributed by atoms with Gasteiger partial charge >= 0.3 is 5.69 Å². The van der Waals surface area contributed by atoms with Gasteiger partial charge in [0.2, 0.25) is 0 Å². The molecular formula is C23H24N4O3S. The average molecular weight is 437 g/mol. The molecule has 0 aliphatic rings. The number of hydrogen-bond acceptors (Lipinski definition) is 5. The molecule has 1 N–H and O–H groups in total. The molecule has 2 aromatic carbocycles. The Morgan fingerprint density at radius 1 is 0.935 bits per heavy atom. The molecule has 0 bridgehead atoms. The van der Waals surface area contributed by atoms with Crippen LogP contribution in [0.25, 0.3) is 11.2 Å². The zero-order chi connectivity index (χ0) is 22.0. The third-order valence-electron chi connectivity index (χ3n) is 5.02. The van der Waals surface area contributed by atoms with Crippen LogP contribution in [0.15, 0.2) is 75.4 Å². The first-order valence-electron chi connectivity index (χ1n) is 10.0. The molecule has 160 valence electrons. The number of aryl methyl sites for hydroxylation is 1. The van der Waals surface area contributed by atoms with Crippen molar-refractivity contribution in [2.75, 3.05) is 5.75 Å². The average Bonchev–Trinajstić information content (AvgIpc) is 3.13. The van der Waals surface area contributed by atoms with Gasteiger partial charge in [0.25, 0.3) is 5.56 Å². The highest BCUT2D eigenvalue weighted by Gasteiger charge is 2.21. The van der Waals surface area contributed by atoms with Crippen LogP contribution in [-0.4, -0.2) is 35.6 Å². The predicted molar refractivity (Wildman–Crippen MR) is 123 cm³/mol. The van der Waals surface area contributed by atoms with Crippen LogP contribution in [0.1, 0.15) is 18.1 Å². The predicted octanol–water partition coefficient (Wildman–Crippen LogP) is 2.47. The molecule has 7 nitrogen and oxygen atoms in total. The molecule has 31 heavy (non-hydrogen) atoms. The Morgan fingerprint density at radius 3 is 2.03 bits per heavy atom. The number of imidazole rings is 1. The molecule has 0 fully saturated rings. The third-order valence-corrected chi connectivity index (χ3v) is 6.24. The van der Waals surface area contributed by atoms with Crippen molar-refractivity contribution in [3.8, 4) is 0 Å². The lowest BCUT2D eigenvalue weighted by Gasteiger charge is -2.11. The second-order valence-electron chi connectivity index (χ2n) is 7.52. The van der Waals surface area contributed by atoms with Gasteiger partial charge in [-0.2, -0.15) is 0 Å². The lowest BCUT2D eigenvalue weighted by atomic mass is 10.2. The largest absolute Gasteiger partial charge is 0.393 e. The molecule has 0 aliphatic heterocycles. The summed E-state index contributed by atoms with van der Waals surface area (Å²) in [5.41, 5.74) is 1.85. The summed E-state index contributed by atoms with van der Waals surface area (Å²) in [4.78, 5) is 31.1. The Bertz CT molecular complexity index is 1310.